The molecular weight excluding hydrogens is 404 g/mol. The number of rotatable bonds is 11. The van der Waals surface area contributed by atoms with E-state index < -0.39 is 36.0 Å². The van der Waals surface area contributed by atoms with Crippen molar-refractivity contribution in [3.8, 4) is 5.75 Å². The molecule has 1 aromatic carbocycles. The minimum atomic E-state index is -1.02. The summed E-state index contributed by atoms with van der Waals surface area (Å²) in [7, 11) is 0. The number of carboxylic acids is 1. The number of aromatic hydroxyl groups is 1. The minimum absolute atomic E-state index is 0.0289. The number of phenols is 1. The van der Waals surface area contributed by atoms with E-state index in [1.54, 1.807) is 12.1 Å². The van der Waals surface area contributed by atoms with E-state index in [0.717, 1.165) is 24.8 Å². The lowest BCUT2D eigenvalue weighted by Crippen LogP contribution is -2.42. The number of aliphatic carboxylic acids is 1. The van der Waals surface area contributed by atoms with Crippen LogP contribution in [0.2, 0.25) is 0 Å². The fraction of sp³-hybridized carbons (Fsp3) is 0.571. The molecule has 0 aromatic heterocycles. The molecular formula is C21H36N4O6. The minimum Gasteiger partial charge on any atom is -0.508 e. The van der Waals surface area contributed by atoms with Crippen LogP contribution >= 0.6 is 0 Å². The van der Waals surface area contributed by atoms with Crippen LogP contribution in [-0.4, -0.2) is 52.8 Å². The Morgan fingerprint density at radius 3 is 2.06 bits per heavy atom. The number of hydrogen-bond acceptors (Lipinski definition) is 9. The summed E-state index contributed by atoms with van der Waals surface area (Å²) < 4.78 is 4.67. The maximum atomic E-state index is 11.5. The number of nitrogens with two attached hydrogens (primary N) is 4. The van der Waals surface area contributed by atoms with Gasteiger partial charge in [-0.25, -0.2) is 9.59 Å². The topological polar surface area (TPSA) is 205 Å². The first-order valence-electron chi connectivity index (χ1n) is 10.3. The molecule has 4 atom stereocenters. The first kappa shape index (κ1) is 28.5. The number of benzene rings is 1. The Balaban J connectivity index is 0.000000609. The van der Waals surface area contributed by atoms with E-state index >= 15 is 0 Å². The molecule has 1 rings (SSSR count). The molecule has 0 aliphatic rings. The monoisotopic (exact) mass is 440 g/mol. The van der Waals surface area contributed by atoms with E-state index in [1.165, 1.54) is 12.1 Å². The van der Waals surface area contributed by atoms with Crippen LogP contribution in [0.5, 0.6) is 5.75 Å². The molecule has 0 spiro atoms. The largest absolute Gasteiger partial charge is 0.508 e. The van der Waals surface area contributed by atoms with Gasteiger partial charge in [-0.05, 0) is 49.4 Å². The van der Waals surface area contributed by atoms with Crippen LogP contribution in [-0.2, 0) is 25.5 Å². The molecule has 0 saturated carbocycles. The van der Waals surface area contributed by atoms with Gasteiger partial charge in [-0.1, -0.05) is 38.8 Å². The average molecular weight is 441 g/mol. The van der Waals surface area contributed by atoms with Crippen LogP contribution in [0.4, 0.5) is 0 Å². The zero-order valence-electron chi connectivity index (χ0n) is 18.2. The second kappa shape index (κ2) is 15.3. The number of carbonyl (C=O) groups excluding carboxylic acids is 2. The molecule has 0 fully saturated rings. The Labute approximate surface area is 182 Å². The summed E-state index contributed by atoms with van der Waals surface area (Å²) in [5.74, 6) is -2.31. The van der Waals surface area contributed by atoms with Crippen molar-refractivity contribution in [3.05, 3.63) is 29.8 Å². The van der Waals surface area contributed by atoms with E-state index in [2.05, 4.69) is 4.74 Å². The molecule has 0 aliphatic heterocycles. The van der Waals surface area contributed by atoms with Crippen molar-refractivity contribution in [2.75, 3.05) is 6.54 Å². The Morgan fingerprint density at radius 2 is 1.58 bits per heavy atom. The molecule has 0 saturated heterocycles. The van der Waals surface area contributed by atoms with Gasteiger partial charge in [-0.15, -0.1) is 0 Å². The number of hydrogen-bond donors (Lipinski definition) is 6. The Kier molecular flexibility index (Phi) is 14.0. The van der Waals surface area contributed by atoms with Gasteiger partial charge in [0.05, 0.1) is 0 Å². The van der Waals surface area contributed by atoms with Crippen molar-refractivity contribution in [1.82, 2.24) is 0 Å². The highest BCUT2D eigenvalue weighted by molar-refractivity contribution is 5.90. The van der Waals surface area contributed by atoms with Gasteiger partial charge in [0.15, 0.2) is 0 Å². The van der Waals surface area contributed by atoms with Crippen LogP contribution < -0.4 is 22.9 Å². The van der Waals surface area contributed by atoms with Crippen LogP contribution in [0.25, 0.3) is 0 Å². The highest BCUT2D eigenvalue weighted by Gasteiger charge is 2.25. The standard InChI is InChI=1S/C12H25N3O3.C9H11NO3/c1-3-8(2)10(15)12(17)18-11(16)9(14)6-4-5-7-13;10-8(9(12)13)5-6-1-3-7(11)4-2-6/h8-10H,3-7,13-15H2,1-2H3;1-4,8,11H,5,10H2,(H,12,13)/t8-,9-,10-;8-/m00/s1. The number of esters is 2. The molecule has 10 N–H and O–H groups in total. The fourth-order valence-electron chi connectivity index (χ4n) is 2.33. The van der Waals surface area contributed by atoms with Crippen molar-refractivity contribution in [2.45, 2.75) is 64.1 Å². The number of carbonyl (C=O) groups is 3. The molecule has 0 aliphatic carbocycles. The molecule has 0 radical (unpaired) electrons. The number of carboxylic acid groups (broad SMARTS) is 1. The third kappa shape index (κ3) is 12.0. The predicted octanol–water partition coefficient (Wildman–Crippen LogP) is 0.233. The van der Waals surface area contributed by atoms with E-state index in [9.17, 15) is 14.4 Å². The van der Waals surface area contributed by atoms with Crippen molar-refractivity contribution in [3.63, 3.8) is 0 Å². The summed E-state index contributed by atoms with van der Waals surface area (Å²) in [6.07, 6.45) is 3.00. The summed E-state index contributed by atoms with van der Waals surface area (Å²) in [5, 5.41) is 17.5. The molecule has 1 aromatic rings. The van der Waals surface area contributed by atoms with Crippen LogP contribution in [0, 0.1) is 5.92 Å². The lowest BCUT2D eigenvalue weighted by atomic mass is 10.0. The van der Waals surface area contributed by atoms with Crippen LogP contribution in [0.15, 0.2) is 24.3 Å². The quantitative estimate of drug-likeness (QED) is 0.157. The normalized spacial score (nSPS) is 14.4. The molecule has 176 valence electrons. The molecule has 10 nitrogen and oxygen atoms in total. The van der Waals surface area contributed by atoms with Gasteiger partial charge in [0, 0.05) is 0 Å². The maximum Gasteiger partial charge on any atom is 0.330 e. The SMILES string of the molecule is CC[C@H](C)[C@H](N)C(=O)OC(=O)[C@@H](N)CCCCN.N[C@@H](Cc1ccc(O)cc1)C(=O)O. The van der Waals surface area contributed by atoms with E-state index in [-0.39, 0.29) is 18.1 Å². The lowest BCUT2D eigenvalue weighted by Gasteiger charge is -2.17. The van der Waals surface area contributed by atoms with E-state index in [4.69, 9.17) is 33.1 Å². The summed E-state index contributed by atoms with van der Waals surface area (Å²) in [4.78, 5) is 33.4. The number of ether oxygens (including phenoxy) is 1. The van der Waals surface area contributed by atoms with Gasteiger partial charge in [0.1, 0.15) is 23.9 Å². The Bertz CT molecular complexity index is 683. The molecule has 0 unspecified atom stereocenters. The number of phenolic OH excluding ortho intramolecular Hbond substituents is 1. The summed E-state index contributed by atoms with van der Waals surface area (Å²) >= 11 is 0. The molecule has 0 heterocycles. The van der Waals surface area contributed by atoms with Gasteiger partial charge in [-0.2, -0.15) is 0 Å². The first-order valence-corrected chi connectivity index (χ1v) is 10.3. The predicted molar refractivity (Wildman–Crippen MR) is 117 cm³/mol. The molecule has 10 heteroatoms. The van der Waals surface area contributed by atoms with Gasteiger partial charge in [0.25, 0.3) is 0 Å². The Morgan fingerprint density at radius 1 is 1.00 bits per heavy atom. The fourth-order valence-corrected chi connectivity index (χ4v) is 2.33. The third-order valence-corrected chi connectivity index (χ3v) is 4.71. The van der Waals surface area contributed by atoms with Gasteiger partial charge in [-0.3, -0.25) is 4.79 Å². The Hall–Kier alpha value is -2.53. The van der Waals surface area contributed by atoms with Crippen molar-refractivity contribution < 1.29 is 29.3 Å². The zero-order chi connectivity index (χ0) is 24.0. The highest BCUT2D eigenvalue weighted by Crippen LogP contribution is 2.11. The molecule has 31 heavy (non-hydrogen) atoms. The zero-order valence-corrected chi connectivity index (χ0v) is 18.2. The van der Waals surface area contributed by atoms with E-state index in [1.807, 2.05) is 13.8 Å². The van der Waals surface area contributed by atoms with Crippen LogP contribution in [0.1, 0.15) is 45.1 Å². The van der Waals surface area contributed by atoms with Crippen molar-refractivity contribution in [2.24, 2.45) is 28.9 Å². The first-order chi connectivity index (χ1) is 14.5. The maximum absolute atomic E-state index is 11.5. The smallest absolute Gasteiger partial charge is 0.330 e. The second-order valence-electron chi connectivity index (χ2n) is 7.36. The average Bonchev–Trinajstić information content (AvgIpc) is 2.74. The molecule has 0 amide bonds. The number of unbranched alkanes of at least 4 members (excludes halogenated alkanes) is 1. The third-order valence-electron chi connectivity index (χ3n) is 4.71. The van der Waals surface area contributed by atoms with Crippen molar-refractivity contribution in [1.29, 1.82) is 0 Å². The van der Waals surface area contributed by atoms with Crippen LogP contribution in [0.3, 0.4) is 0 Å². The van der Waals surface area contributed by atoms with Gasteiger partial charge in [0.2, 0.25) is 0 Å². The summed E-state index contributed by atoms with van der Waals surface area (Å²) in [5.41, 5.74) is 22.7. The van der Waals surface area contributed by atoms with Gasteiger partial charge < -0.3 is 37.9 Å². The molecule has 0 bridgehead atoms. The van der Waals surface area contributed by atoms with E-state index in [0.29, 0.717) is 13.0 Å². The summed E-state index contributed by atoms with van der Waals surface area (Å²) in [6.45, 7) is 4.30. The van der Waals surface area contributed by atoms with Crippen molar-refractivity contribution >= 4 is 17.9 Å². The highest BCUT2D eigenvalue weighted by atomic mass is 16.6. The summed E-state index contributed by atoms with van der Waals surface area (Å²) in [6, 6.07) is 3.86. The second-order valence-corrected chi connectivity index (χ2v) is 7.36. The lowest BCUT2D eigenvalue weighted by molar-refractivity contribution is -0.162. The van der Waals surface area contributed by atoms with Gasteiger partial charge >= 0.3 is 17.9 Å².